The van der Waals surface area contributed by atoms with Crippen LogP contribution in [0.5, 0.6) is 0 Å². The van der Waals surface area contributed by atoms with Crippen LogP contribution < -0.4 is 0 Å². The van der Waals surface area contributed by atoms with Crippen LogP contribution in [0.2, 0.25) is 0 Å². The van der Waals surface area contributed by atoms with Gasteiger partial charge in [-0.15, -0.1) is 0 Å². The molecule has 0 unspecified atom stereocenters. The molecule has 0 radical (unpaired) electrons. The van der Waals surface area contributed by atoms with E-state index in [2.05, 4.69) is 5.10 Å². The zero-order valence-corrected chi connectivity index (χ0v) is 13.8. The summed E-state index contributed by atoms with van der Waals surface area (Å²) in [4.78, 5) is 23.0. The van der Waals surface area contributed by atoms with Gasteiger partial charge in [0.1, 0.15) is 0 Å². The molecule has 0 saturated heterocycles. The highest BCUT2D eigenvalue weighted by Gasteiger charge is 2.17. The zero-order valence-electron chi connectivity index (χ0n) is 13.8. The van der Waals surface area contributed by atoms with Crippen LogP contribution in [0.4, 0.5) is 4.79 Å². The summed E-state index contributed by atoms with van der Waals surface area (Å²) in [6, 6.07) is 15.6. The number of carbonyl (C=O) groups excluding carboxylic acids is 1. The van der Waals surface area contributed by atoms with Crippen molar-refractivity contribution in [3.05, 3.63) is 54.2 Å². The number of nitrogens with zero attached hydrogens (tertiary/aromatic N) is 2. The second kappa shape index (κ2) is 7.17. The number of carbonyl (C=O) groups is 2. The fourth-order valence-corrected chi connectivity index (χ4v) is 2.67. The largest absolute Gasteiger partial charge is 0.481 e. The monoisotopic (exact) mass is 338 g/mol. The molecule has 6 nitrogen and oxygen atoms in total. The molecule has 1 N–H and O–H groups in total. The Morgan fingerprint density at radius 3 is 2.60 bits per heavy atom. The molecule has 0 atom stereocenters. The molecule has 0 aliphatic carbocycles. The van der Waals surface area contributed by atoms with Crippen LogP contribution in [0.25, 0.3) is 22.0 Å². The van der Waals surface area contributed by atoms with Gasteiger partial charge in [0.25, 0.3) is 0 Å². The Balaban J connectivity index is 2.00. The maximum atomic E-state index is 12.1. The van der Waals surface area contributed by atoms with Crippen LogP contribution in [-0.2, 0) is 16.0 Å². The normalized spacial score (nSPS) is 10.8. The van der Waals surface area contributed by atoms with Gasteiger partial charge >= 0.3 is 12.1 Å². The third-order valence-corrected chi connectivity index (χ3v) is 3.86. The van der Waals surface area contributed by atoms with Crippen molar-refractivity contribution in [2.45, 2.75) is 19.8 Å². The van der Waals surface area contributed by atoms with E-state index in [-0.39, 0.29) is 19.4 Å². The molecule has 0 amide bonds. The first kappa shape index (κ1) is 16.7. The molecule has 0 bridgehead atoms. The summed E-state index contributed by atoms with van der Waals surface area (Å²) in [6.45, 7) is 1.94. The van der Waals surface area contributed by atoms with Gasteiger partial charge in [-0.05, 0) is 29.8 Å². The summed E-state index contributed by atoms with van der Waals surface area (Å²) in [7, 11) is 0. The van der Waals surface area contributed by atoms with E-state index < -0.39 is 12.1 Å². The minimum Gasteiger partial charge on any atom is -0.481 e. The molecular formula is C19H18N2O4. The number of fused-ring (bicyclic) bond motifs is 1. The van der Waals surface area contributed by atoms with Gasteiger partial charge in [0.15, 0.2) is 0 Å². The van der Waals surface area contributed by atoms with Crippen molar-refractivity contribution >= 4 is 22.8 Å². The maximum Gasteiger partial charge on any atom is 0.434 e. The lowest BCUT2D eigenvalue weighted by molar-refractivity contribution is -0.137. The number of hydrogen-bond acceptors (Lipinski definition) is 4. The predicted octanol–water partition coefficient (Wildman–Crippen LogP) is 3.73. The maximum absolute atomic E-state index is 12.1. The van der Waals surface area contributed by atoms with E-state index in [4.69, 9.17) is 9.84 Å². The number of ether oxygens (including phenoxy) is 1. The first-order valence-electron chi connectivity index (χ1n) is 8.05. The van der Waals surface area contributed by atoms with E-state index in [9.17, 15) is 9.59 Å². The zero-order chi connectivity index (χ0) is 17.8. The predicted molar refractivity (Wildman–Crippen MR) is 93.5 cm³/mol. The van der Waals surface area contributed by atoms with Crippen molar-refractivity contribution in [3.63, 3.8) is 0 Å². The third-order valence-electron chi connectivity index (χ3n) is 3.86. The average Bonchev–Trinajstić information content (AvgIpc) is 3.04. The summed E-state index contributed by atoms with van der Waals surface area (Å²) < 4.78 is 6.16. The van der Waals surface area contributed by atoms with Gasteiger partial charge in [-0.2, -0.15) is 9.78 Å². The number of rotatable bonds is 5. The molecule has 25 heavy (non-hydrogen) atoms. The smallest absolute Gasteiger partial charge is 0.434 e. The molecule has 0 aliphatic heterocycles. The number of carboxylic acid groups (broad SMARTS) is 1. The molecule has 0 fully saturated rings. The van der Waals surface area contributed by atoms with Gasteiger partial charge in [0.05, 0.1) is 24.4 Å². The van der Waals surface area contributed by atoms with Crippen LogP contribution in [-0.4, -0.2) is 33.6 Å². The molecule has 1 heterocycles. The first-order valence-corrected chi connectivity index (χ1v) is 8.05. The molecule has 6 heteroatoms. The standard InChI is InChI=1S/C19H18N2O4/c1-2-25-19(24)21-16(9-10-18(22)23)12-17(20-21)15-8-7-13-5-3-4-6-14(13)11-15/h3-8,11-12H,2,9-10H2,1H3,(H,22,23). The highest BCUT2D eigenvalue weighted by Crippen LogP contribution is 2.25. The average molecular weight is 338 g/mol. The lowest BCUT2D eigenvalue weighted by Gasteiger charge is -2.04. The first-order chi connectivity index (χ1) is 12.1. The molecule has 3 aromatic rings. The number of aryl methyl sites for hydroxylation is 1. The van der Waals surface area contributed by atoms with Gasteiger partial charge in [-0.1, -0.05) is 36.4 Å². The van der Waals surface area contributed by atoms with Gasteiger partial charge < -0.3 is 9.84 Å². The number of hydrogen-bond donors (Lipinski definition) is 1. The highest BCUT2D eigenvalue weighted by atomic mass is 16.5. The molecule has 0 saturated carbocycles. The summed E-state index contributed by atoms with van der Waals surface area (Å²) in [5.74, 6) is -0.927. The van der Waals surface area contributed by atoms with Crippen molar-refractivity contribution in [2.75, 3.05) is 6.61 Å². The third kappa shape index (κ3) is 3.68. The van der Waals surface area contributed by atoms with Crippen LogP contribution in [0.3, 0.4) is 0 Å². The van der Waals surface area contributed by atoms with Crippen LogP contribution in [0.1, 0.15) is 19.0 Å². The number of benzene rings is 2. The van der Waals surface area contributed by atoms with Crippen molar-refractivity contribution in [1.29, 1.82) is 0 Å². The fraction of sp³-hybridized carbons (Fsp3) is 0.211. The highest BCUT2D eigenvalue weighted by molar-refractivity contribution is 5.87. The molecule has 3 rings (SSSR count). The van der Waals surface area contributed by atoms with Crippen molar-refractivity contribution in [1.82, 2.24) is 9.78 Å². The molecule has 1 aromatic heterocycles. The summed E-state index contributed by atoms with van der Waals surface area (Å²) >= 11 is 0. The number of carboxylic acids is 1. The lowest BCUT2D eigenvalue weighted by atomic mass is 10.0. The van der Waals surface area contributed by atoms with E-state index in [0.717, 1.165) is 21.0 Å². The number of aliphatic carboxylic acids is 1. The van der Waals surface area contributed by atoms with Gasteiger partial charge in [0, 0.05) is 12.0 Å². The van der Waals surface area contributed by atoms with Crippen LogP contribution in [0.15, 0.2) is 48.5 Å². The Bertz CT molecular complexity index is 930. The van der Waals surface area contributed by atoms with Crippen molar-refractivity contribution in [2.24, 2.45) is 0 Å². The summed E-state index contributed by atoms with van der Waals surface area (Å²) in [5, 5.41) is 15.4. The van der Waals surface area contributed by atoms with E-state index in [0.29, 0.717) is 11.4 Å². The van der Waals surface area contributed by atoms with Gasteiger partial charge in [-0.3, -0.25) is 4.79 Å². The van der Waals surface area contributed by atoms with Gasteiger partial charge in [-0.25, -0.2) is 4.79 Å². The van der Waals surface area contributed by atoms with Crippen molar-refractivity contribution < 1.29 is 19.4 Å². The van der Waals surface area contributed by atoms with E-state index >= 15 is 0 Å². The molecule has 0 aliphatic rings. The Kier molecular flexibility index (Phi) is 4.79. The lowest BCUT2D eigenvalue weighted by Crippen LogP contribution is -2.18. The Morgan fingerprint density at radius 2 is 1.88 bits per heavy atom. The minimum atomic E-state index is -0.927. The minimum absolute atomic E-state index is 0.0811. The van der Waals surface area contributed by atoms with Crippen LogP contribution in [0, 0.1) is 0 Å². The summed E-state index contributed by atoms with van der Waals surface area (Å²) in [6.07, 6.45) is -0.480. The molecular weight excluding hydrogens is 320 g/mol. The Morgan fingerprint density at radius 1 is 1.12 bits per heavy atom. The number of aromatic nitrogens is 2. The Labute approximate surface area is 144 Å². The van der Waals surface area contributed by atoms with Crippen LogP contribution >= 0.6 is 0 Å². The SMILES string of the molecule is CCOC(=O)n1nc(-c2ccc3ccccc3c2)cc1CCC(=O)O. The van der Waals surface area contributed by atoms with E-state index in [1.165, 1.54) is 0 Å². The summed E-state index contributed by atoms with van der Waals surface area (Å²) in [5.41, 5.74) is 1.99. The van der Waals surface area contributed by atoms with Crippen molar-refractivity contribution in [3.8, 4) is 11.3 Å². The molecule has 0 spiro atoms. The molecule has 2 aromatic carbocycles. The molecule has 128 valence electrons. The van der Waals surface area contributed by atoms with Gasteiger partial charge in [0.2, 0.25) is 0 Å². The van der Waals surface area contributed by atoms with E-state index in [1.54, 1.807) is 13.0 Å². The van der Waals surface area contributed by atoms with E-state index in [1.807, 2.05) is 42.5 Å². The topological polar surface area (TPSA) is 81.4 Å². The quantitative estimate of drug-likeness (QED) is 0.766. The Hall–Kier alpha value is -3.15. The second-order valence-electron chi connectivity index (χ2n) is 5.59. The fourth-order valence-electron chi connectivity index (χ4n) is 2.67. The second-order valence-corrected chi connectivity index (χ2v) is 5.59.